The van der Waals surface area contributed by atoms with Crippen LogP contribution in [0, 0.1) is 11.3 Å². The second kappa shape index (κ2) is 4.24. The first-order chi connectivity index (χ1) is 7.65. The normalized spacial score (nSPS) is 18.0. The Morgan fingerprint density at radius 1 is 1.56 bits per heavy atom. The monoisotopic (exact) mass is 235 g/mol. The van der Waals surface area contributed by atoms with Gasteiger partial charge in [-0.15, -0.1) is 11.3 Å². The number of hydrogen-bond donors (Lipinski definition) is 2. The topological polar surface area (TPSA) is 78.9 Å². The first-order valence-corrected chi connectivity index (χ1v) is 6.12. The van der Waals surface area contributed by atoms with Gasteiger partial charge in [0, 0.05) is 0 Å². The van der Waals surface area contributed by atoms with Crippen molar-refractivity contribution in [3.05, 3.63) is 17.0 Å². The van der Waals surface area contributed by atoms with Crippen LogP contribution in [0.15, 0.2) is 11.4 Å². The third-order valence-corrected chi connectivity index (χ3v) is 3.79. The number of anilines is 1. The Balaban J connectivity index is 2.11. The van der Waals surface area contributed by atoms with Gasteiger partial charge >= 0.3 is 0 Å². The van der Waals surface area contributed by atoms with Crippen molar-refractivity contribution in [2.75, 3.05) is 5.32 Å². The maximum atomic E-state index is 12.0. The predicted molar refractivity (Wildman–Crippen MR) is 63.1 cm³/mol. The summed E-state index contributed by atoms with van der Waals surface area (Å²) >= 11 is 1.35. The van der Waals surface area contributed by atoms with Crippen LogP contribution in [0.5, 0.6) is 0 Å². The Morgan fingerprint density at radius 2 is 2.25 bits per heavy atom. The highest BCUT2D eigenvalue weighted by Crippen LogP contribution is 2.30. The molecular formula is C11H13N3OS. The molecule has 4 nitrogen and oxygen atoms in total. The van der Waals surface area contributed by atoms with Crippen LogP contribution >= 0.6 is 11.3 Å². The van der Waals surface area contributed by atoms with Crippen molar-refractivity contribution >= 4 is 22.2 Å². The molecule has 0 saturated heterocycles. The highest BCUT2D eigenvalue weighted by atomic mass is 32.1. The van der Waals surface area contributed by atoms with Crippen LogP contribution < -0.4 is 11.1 Å². The first kappa shape index (κ1) is 11.1. The van der Waals surface area contributed by atoms with Crippen LogP contribution in [0.25, 0.3) is 0 Å². The van der Waals surface area contributed by atoms with Crippen molar-refractivity contribution in [3.63, 3.8) is 0 Å². The van der Waals surface area contributed by atoms with E-state index in [2.05, 4.69) is 5.32 Å². The zero-order chi connectivity index (χ0) is 11.6. The first-order valence-electron chi connectivity index (χ1n) is 5.24. The molecular weight excluding hydrogens is 222 g/mol. The average Bonchev–Trinajstić information content (AvgIpc) is 2.87. The van der Waals surface area contributed by atoms with E-state index in [0.717, 1.165) is 25.7 Å². The minimum absolute atomic E-state index is 0.163. The number of thiophene rings is 1. The molecule has 1 aliphatic rings. The fourth-order valence-electron chi connectivity index (χ4n) is 1.95. The summed E-state index contributed by atoms with van der Waals surface area (Å²) < 4.78 is 0. The second-order valence-electron chi connectivity index (χ2n) is 4.09. The molecule has 84 valence electrons. The smallest absolute Gasteiger partial charge is 0.245 e. The van der Waals surface area contributed by atoms with Crippen molar-refractivity contribution in [1.82, 2.24) is 0 Å². The zero-order valence-electron chi connectivity index (χ0n) is 8.82. The molecule has 3 N–H and O–H groups in total. The van der Waals surface area contributed by atoms with Gasteiger partial charge < -0.3 is 11.1 Å². The van der Waals surface area contributed by atoms with Gasteiger partial charge in [0.25, 0.3) is 0 Å². The third-order valence-electron chi connectivity index (χ3n) is 2.96. The number of carbonyl (C=O) groups is 1. The lowest BCUT2D eigenvalue weighted by molar-refractivity contribution is -0.120. The zero-order valence-corrected chi connectivity index (χ0v) is 9.64. The van der Waals surface area contributed by atoms with Gasteiger partial charge in [-0.3, -0.25) is 4.79 Å². The summed E-state index contributed by atoms with van der Waals surface area (Å²) in [7, 11) is 0. The Morgan fingerprint density at radius 3 is 2.88 bits per heavy atom. The Kier molecular flexibility index (Phi) is 2.95. The maximum absolute atomic E-state index is 12.0. The molecule has 1 saturated carbocycles. The van der Waals surface area contributed by atoms with Gasteiger partial charge in [-0.05, 0) is 24.3 Å². The lowest BCUT2D eigenvalue weighted by Crippen LogP contribution is -2.48. The van der Waals surface area contributed by atoms with Crippen LogP contribution in [-0.4, -0.2) is 11.4 Å². The number of nitrogens with two attached hydrogens (primary N) is 1. The van der Waals surface area contributed by atoms with Gasteiger partial charge in [-0.2, -0.15) is 5.26 Å². The summed E-state index contributed by atoms with van der Waals surface area (Å²) in [4.78, 5) is 12.0. The fraction of sp³-hybridized carbons (Fsp3) is 0.455. The Bertz CT molecular complexity index is 440. The molecule has 1 aromatic heterocycles. The molecule has 2 rings (SSSR count). The van der Waals surface area contributed by atoms with Crippen molar-refractivity contribution < 1.29 is 4.79 Å². The van der Waals surface area contributed by atoms with E-state index in [1.807, 2.05) is 6.07 Å². The number of nitriles is 1. The number of carbonyl (C=O) groups excluding carboxylic acids is 1. The van der Waals surface area contributed by atoms with Gasteiger partial charge in [0.2, 0.25) is 5.91 Å². The highest BCUT2D eigenvalue weighted by Gasteiger charge is 2.37. The summed E-state index contributed by atoms with van der Waals surface area (Å²) in [6, 6.07) is 3.73. The summed E-state index contributed by atoms with van der Waals surface area (Å²) in [5, 5.41) is 14.0. The molecule has 1 aliphatic carbocycles. The summed E-state index contributed by atoms with van der Waals surface area (Å²) in [6.45, 7) is 0. The van der Waals surface area contributed by atoms with E-state index in [4.69, 9.17) is 11.0 Å². The van der Waals surface area contributed by atoms with Crippen LogP contribution in [0.3, 0.4) is 0 Å². The van der Waals surface area contributed by atoms with Gasteiger partial charge in [0.1, 0.15) is 11.1 Å². The maximum Gasteiger partial charge on any atom is 0.245 e. The molecule has 1 heterocycles. The number of amides is 1. The largest absolute Gasteiger partial charge is 0.317 e. The second-order valence-corrected chi connectivity index (χ2v) is 5.01. The van der Waals surface area contributed by atoms with E-state index < -0.39 is 5.54 Å². The van der Waals surface area contributed by atoms with E-state index in [1.54, 1.807) is 11.4 Å². The van der Waals surface area contributed by atoms with Crippen LogP contribution in [0.1, 0.15) is 31.2 Å². The molecule has 0 unspecified atom stereocenters. The fourth-order valence-corrected chi connectivity index (χ4v) is 2.69. The molecule has 0 aliphatic heterocycles. The van der Waals surface area contributed by atoms with Gasteiger partial charge in [-0.25, -0.2) is 0 Å². The highest BCUT2D eigenvalue weighted by molar-refractivity contribution is 7.14. The third kappa shape index (κ3) is 1.94. The lowest BCUT2D eigenvalue weighted by atomic mass is 9.98. The van der Waals surface area contributed by atoms with Crippen LogP contribution in [0.4, 0.5) is 5.00 Å². The van der Waals surface area contributed by atoms with Gasteiger partial charge in [-0.1, -0.05) is 12.8 Å². The molecule has 1 amide bonds. The number of nitrogens with zero attached hydrogens (tertiary/aromatic N) is 1. The van der Waals surface area contributed by atoms with Crippen LogP contribution in [-0.2, 0) is 4.79 Å². The quantitative estimate of drug-likeness (QED) is 0.820. The SMILES string of the molecule is N#Cc1ccsc1NC(=O)C1(N)CCCC1. The minimum atomic E-state index is -0.739. The average molecular weight is 235 g/mol. The van der Waals surface area contributed by atoms with E-state index >= 15 is 0 Å². The number of nitrogens with one attached hydrogen (secondary N) is 1. The summed E-state index contributed by atoms with van der Waals surface area (Å²) in [5.74, 6) is -0.163. The predicted octanol–water partition coefficient (Wildman–Crippen LogP) is 1.83. The summed E-state index contributed by atoms with van der Waals surface area (Å²) in [5.41, 5.74) is 5.78. The molecule has 0 bridgehead atoms. The van der Waals surface area contributed by atoms with Gasteiger partial charge in [0.15, 0.2) is 0 Å². The molecule has 16 heavy (non-hydrogen) atoms. The van der Waals surface area contributed by atoms with Crippen molar-refractivity contribution in [2.24, 2.45) is 5.73 Å². The van der Waals surface area contributed by atoms with E-state index in [-0.39, 0.29) is 5.91 Å². The van der Waals surface area contributed by atoms with Gasteiger partial charge in [0.05, 0.1) is 11.1 Å². The molecule has 0 aromatic carbocycles. The Hall–Kier alpha value is -1.38. The Labute approximate surface area is 98.1 Å². The van der Waals surface area contributed by atoms with E-state index in [0.29, 0.717) is 10.6 Å². The standard InChI is InChI=1S/C11H13N3OS/c12-7-8-3-6-16-9(8)14-10(15)11(13)4-1-2-5-11/h3,6H,1-2,4-5,13H2,(H,14,15). The number of hydrogen-bond acceptors (Lipinski definition) is 4. The van der Waals surface area contributed by atoms with E-state index in [1.165, 1.54) is 11.3 Å². The van der Waals surface area contributed by atoms with Crippen molar-refractivity contribution in [1.29, 1.82) is 5.26 Å². The number of rotatable bonds is 2. The molecule has 0 radical (unpaired) electrons. The van der Waals surface area contributed by atoms with Crippen molar-refractivity contribution in [2.45, 2.75) is 31.2 Å². The van der Waals surface area contributed by atoms with E-state index in [9.17, 15) is 4.79 Å². The molecule has 1 fully saturated rings. The van der Waals surface area contributed by atoms with Crippen molar-refractivity contribution in [3.8, 4) is 6.07 Å². The van der Waals surface area contributed by atoms with Crippen LogP contribution in [0.2, 0.25) is 0 Å². The molecule has 1 aromatic rings. The molecule has 0 spiro atoms. The summed E-state index contributed by atoms with van der Waals surface area (Å²) in [6.07, 6.45) is 3.46. The lowest BCUT2D eigenvalue weighted by Gasteiger charge is -2.21. The molecule has 5 heteroatoms. The molecule has 0 atom stereocenters. The minimum Gasteiger partial charge on any atom is -0.317 e.